The highest BCUT2D eigenvalue weighted by molar-refractivity contribution is 7.99. The molecular formula is C21H19ClN6O4S. The van der Waals surface area contributed by atoms with Crippen molar-refractivity contribution >= 4 is 46.6 Å². The van der Waals surface area contributed by atoms with E-state index in [2.05, 4.69) is 27.4 Å². The van der Waals surface area contributed by atoms with Gasteiger partial charge in [0.2, 0.25) is 5.91 Å². The Morgan fingerprint density at radius 1 is 1.21 bits per heavy atom. The van der Waals surface area contributed by atoms with Crippen LogP contribution in [0.5, 0.6) is 0 Å². The fraction of sp³-hybridized carbons (Fsp3) is 0.143. The van der Waals surface area contributed by atoms with Gasteiger partial charge in [-0.2, -0.15) is 0 Å². The number of nitro benzene ring substituents is 1. The minimum atomic E-state index is -0.573. The average molecular weight is 487 g/mol. The first-order chi connectivity index (χ1) is 15.9. The van der Waals surface area contributed by atoms with Gasteiger partial charge in [0.15, 0.2) is 11.0 Å². The Morgan fingerprint density at radius 2 is 1.97 bits per heavy atom. The molecule has 0 saturated carbocycles. The first-order valence-electron chi connectivity index (χ1n) is 9.62. The quantitative estimate of drug-likeness (QED) is 0.193. The molecule has 2 N–H and O–H groups in total. The van der Waals surface area contributed by atoms with Crippen LogP contribution in [0.3, 0.4) is 0 Å². The SMILES string of the molecule is C=CCn1c(CNC(=O)c2ccccc2)nnc1SCC(=O)Nc1cc([N+](=O)[O-])ccc1Cl. The average Bonchev–Trinajstić information content (AvgIpc) is 3.19. The number of halogens is 1. The maximum absolute atomic E-state index is 12.4. The number of thioether (sulfide) groups is 1. The number of nitro groups is 1. The fourth-order valence-electron chi connectivity index (χ4n) is 2.76. The van der Waals surface area contributed by atoms with Gasteiger partial charge in [-0.15, -0.1) is 16.8 Å². The monoisotopic (exact) mass is 486 g/mol. The summed E-state index contributed by atoms with van der Waals surface area (Å²) >= 11 is 7.14. The molecule has 1 aromatic heterocycles. The summed E-state index contributed by atoms with van der Waals surface area (Å²) in [7, 11) is 0. The molecule has 0 spiro atoms. The van der Waals surface area contributed by atoms with Crippen LogP contribution in [-0.2, 0) is 17.9 Å². The highest BCUT2D eigenvalue weighted by atomic mass is 35.5. The molecule has 3 rings (SSSR count). The number of carbonyl (C=O) groups excluding carboxylic acids is 2. The molecule has 0 fully saturated rings. The number of anilines is 1. The van der Waals surface area contributed by atoms with E-state index in [1.54, 1.807) is 34.9 Å². The van der Waals surface area contributed by atoms with Crippen molar-refractivity contribution in [3.05, 3.63) is 87.7 Å². The van der Waals surface area contributed by atoms with E-state index >= 15 is 0 Å². The highest BCUT2D eigenvalue weighted by Crippen LogP contribution is 2.27. The zero-order valence-electron chi connectivity index (χ0n) is 17.2. The summed E-state index contributed by atoms with van der Waals surface area (Å²) in [6, 6.07) is 12.6. The van der Waals surface area contributed by atoms with E-state index < -0.39 is 10.8 Å². The lowest BCUT2D eigenvalue weighted by atomic mass is 10.2. The number of nitrogens with zero attached hydrogens (tertiary/aromatic N) is 4. The second-order valence-electron chi connectivity index (χ2n) is 6.60. The van der Waals surface area contributed by atoms with Crippen molar-refractivity contribution in [3.8, 4) is 0 Å². The topological polar surface area (TPSA) is 132 Å². The number of aromatic nitrogens is 3. The lowest BCUT2D eigenvalue weighted by Gasteiger charge is -2.09. The molecule has 12 heteroatoms. The predicted octanol–water partition coefficient (Wildman–Crippen LogP) is 3.69. The van der Waals surface area contributed by atoms with Gasteiger partial charge < -0.3 is 15.2 Å². The molecule has 0 aliphatic rings. The van der Waals surface area contributed by atoms with Crippen molar-refractivity contribution in [1.82, 2.24) is 20.1 Å². The van der Waals surface area contributed by atoms with Crippen molar-refractivity contribution < 1.29 is 14.5 Å². The number of amides is 2. The van der Waals surface area contributed by atoms with Gasteiger partial charge >= 0.3 is 0 Å². The Labute approximate surface area is 198 Å². The molecule has 0 saturated heterocycles. The summed E-state index contributed by atoms with van der Waals surface area (Å²) in [4.78, 5) is 35.0. The van der Waals surface area contributed by atoms with E-state index in [4.69, 9.17) is 11.6 Å². The van der Waals surface area contributed by atoms with Crippen molar-refractivity contribution in [3.63, 3.8) is 0 Å². The fourth-order valence-corrected chi connectivity index (χ4v) is 3.69. The van der Waals surface area contributed by atoms with E-state index in [1.807, 2.05) is 6.07 Å². The molecule has 10 nitrogen and oxygen atoms in total. The van der Waals surface area contributed by atoms with E-state index in [-0.39, 0.29) is 34.6 Å². The van der Waals surface area contributed by atoms with Gasteiger partial charge in [-0.25, -0.2) is 0 Å². The Bertz CT molecular complexity index is 1180. The van der Waals surface area contributed by atoms with Gasteiger partial charge in [0.1, 0.15) is 0 Å². The van der Waals surface area contributed by atoms with Crippen LogP contribution < -0.4 is 10.6 Å². The molecule has 0 radical (unpaired) electrons. The molecule has 33 heavy (non-hydrogen) atoms. The number of non-ortho nitro benzene ring substituents is 1. The lowest BCUT2D eigenvalue weighted by Crippen LogP contribution is -2.24. The molecule has 2 aromatic carbocycles. The van der Waals surface area contributed by atoms with Crippen molar-refractivity contribution in [2.24, 2.45) is 0 Å². The maximum Gasteiger partial charge on any atom is 0.271 e. The third-order valence-electron chi connectivity index (χ3n) is 4.32. The first-order valence-corrected chi connectivity index (χ1v) is 11.0. The third kappa shape index (κ3) is 6.40. The molecule has 3 aromatic rings. The molecule has 0 aliphatic heterocycles. The number of benzene rings is 2. The van der Waals surface area contributed by atoms with E-state index in [0.717, 1.165) is 11.8 Å². The Balaban J connectivity index is 1.63. The third-order valence-corrected chi connectivity index (χ3v) is 5.61. The number of carbonyl (C=O) groups is 2. The number of nitrogens with one attached hydrogen (secondary N) is 2. The van der Waals surface area contributed by atoms with Gasteiger partial charge in [-0.05, 0) is 18.2 Å². The normalized spacial score (nSPS) is 10.5. The van der Waals surface area contributed by atoms with Gasteiger partial charge in [-0.3, -0.25) is 19.7 Å². The van der Waals surface area contributed by atoms with Crippen molar-refractivity contribution in [2.45, 2.75) is 18.2 Å². The van der Waals surface area contributed by atoms with Crippen LogP contribution in [0.25, 0.3) is 0 Å². The number of hydrogen-bond acceptors (Lipinski definition) is 7. The molecule has 0 atom stereocenters. The number of rotatable bonds is 10. The summed E-state index contributed by atoms with van der Waals surface area (Å²) < 4.78 is 1.73. The molecule has 1 heterocycles. The van der Waals surface area contributed by atoms with Gasteiger partial charge in [0.05, 0.1) is 27.9 Å². The highest BCUT2D eigenvalue weighted by Gasteiger charge is 2.16. The summed E-state index contributed by atoms with van der Waals surface area (Å²) in [5.74, 6) is -0.200. The number of allylic oxidation sites excluding steroid dienone is 1. The zero-order chi connectivity index (χ0) is 23.8. The van der Waals surface area contributed by atoms with E-state index in [1.165, 1.54) is 18.2 Å². The van der Waals surface area contributed by atoms with Crippen LogP contribution >= 0.6 is 23.4 Å². The molecule has 170 valence electrons. The molecule has 0 unspecified atom stereocenters. The van der Waals surface area contributed by atoms with E-state index in [0.29, 0.717) is 23.1 Å². The minimum absolute atomic E-state index is 0.0370. The predicted molar refractivity (Wildman–Crippen MR) is 125 cm³/mol. The summed E-state index contributed by atoms with van der Waals surface area (Å²) in [5, 5.41) is 25.1. The second kappa shape index (κ2) is 11.2. The van der Waals surface area contributed by atoms with Crippen LogP contribution in [0.2, 0.25) is 5.02 Å². The molecular weight excluding hydrogens is 468 g/mol. The second-order valence-corrected chi connectivity index (χ2v) is 7.95. The first kappa shape index (κ1) is 24.0. The maximum atomic E-state index is 12.4. The Hall–Kier alpha value is -3.70. The molecule has 2 amide bonds. The van der Waals surface area contributed by atoms with Crippen LogP contribution in [0.1, 0.15) is 16.2 Å². The smallest absolute Gasteiger partial charge is 0.271 e. The van der Waals surface area contributed by atoms with Gasteiger partial charge in [0.25, 0.3) is 11.6 Å². The summed E-state index contributed by atoms with van der Waals surface area (Å²) in [6.07, 6.45) is 1.65. The standard InChI is InChI=1S/C21H19ClN6O4S/c1-2-10-27-18(12-23-20(30)14-6-4-3-5-7-14)25-26-21(27)33-13-19(29)24-17-11-15(28(31)32)8-9-16(17)22/h2-9,11H,1,10,12-13H2,(H,23,30)(H,24,29). The lowest BCUT2D eigenvalue weighted by molar-refractivity contribution is -0.384. The molecule has 0 bridgehead atoms. The van der Waals surface area contributed by atoms with Gasteiger partial charge in [0, 0.05) is 24.2 Å². The van der Waals surface area contributed by atoms with E-state index in [9.17, 15) is 19.7 Å². The van der Waals surface area contributed by atoms with Crippen LogP contribution in [0, 0.1) is 10.1 Å². The largest absolute Gasteiger partial charge is 0.345 e. The van der Waals surface area contributed by atoms with Gasteiger partial charge in [-0.1, -0.05) is 47.6 Å². The zero-order valence-corrected chi connectivity index (χ0v) is 18.8. The minimum Gasteiger partial charge on any atom is -0.345 e. The summed E-state index contributed by atoms with van der Waals surface area (Å²) in [5.41, 5.74) is 0.488. The van der Waals surface area contributed by atoms with Crippen LogP contribution in [-0.4, -0.2) is 37.3 Å². The Kier molecular flexibility index (Phi) is 8.17. The van der Waals surface area contributed by atoms with Crippen molar-refractivity contribution in [2.75, 3.05) is 11.1 Å². The number of hydrogen-bond donors (Lipinski definition) is 2. The Morgan fingerprint density at radius 3 is 2.67 bits per heavy atom. The van der Waals surface area contributed by atoms with Crippen molar-refractivity contribution in [1.29, 1.82) is 0 Å². The molecule has 0 aliphatic carbocycles. The van der Waals surface area contributed by atoms with Crippen LogP contribution in [0.4, 0.5) is 11.4 Å². The summed E-state index contributed by atoms with van der Waals surface area (Å²) in [6.45, 7) is 4.24. The van der Waals surface area contributed by atoms with Crippen LogP contribution in [0.15, 0.2) is 66.3 Å².